The molecule has 2 aliphatic rings. The highest BCUT2D eigenvalue weighted by atomic mass is 15.2. The molecule has 2 N–H and O–H groups in total. The number of hydrogen-bond donors (Lipinski definition) is 1. The Morgan fingerprint density at radius 3 is 2.54 bits per heavy atom. The zero-order valence-corrected chi connectivity index (χ0v) is 8.34. The molecule has 2 nitrogen and oxygen atoms in total. The molecule has 0 radical (unpaired) electrons. The van der Waals surface area contributed by atoms with Crippen molar-refractivity contribution in [3.05, 3.63) is 12.7 Å². The Bertz CT molecular complexity index is 192. The summed E-state index contributed by atoms with van der Waals surface area (Å²) in [5.41, 5.74) is 6.27. The minimum Gasteiger partial charge on any atom is -0.330 e. The van der Waals surface area contributed by atoms with Crippen LogP contribution >= 0.6 is 0 Å². The van der Waals surface area contributed by atoms with E-state index in [0.29, 0.717) is 5.41 Å². The van der Waals surface area contributed by atoms with Gasteiger partial charge in [0.05, 0.1) is 0 Å². The third-order valence-electron chi connectivity index (χ3n) is 3.36. The van der Waals surface area contributed by atoms with Gasteiger partial charge < -0.3 is 5.73 Å². The molecule has 2 rings (SSSR count). The quantitative estimate of drug-likeness (QED) is 0.626. The zero-order valence-electron chi connectivity index (χ0n) is 8.34. The van der Waals surface area contributed by atoms with Gasteiger partial charge in [-0.15, -0.1) is 6.58 Å². The van der Waals surface area contributed by atoms with Crippen LogP contribution in [0.5, 0.6) is 0 Å². The first-order valence-corrected chi connectivity index (χ1v) is 5.35. The average molecular weight is 180 g/mol. The first kappa shape index (κ1) is 9.22. The van der Waals surface area contributed by atoms with Gasteiger partial charge in [0.2, 0.25) is 0 Å². The molecule has 0 aliphatic heterocycles. The Morgan fingerprint density at radius 1 is 1.46 bits per heavy atom. The van der Waals surface area contributed by atoms with E-state index in [9.17, 15) is 0 Å². The average Bonchev–Trinajstić information content (AvgIpc) is 3.01. The van der Waals surface area contributed by atoms with E-state index in [2.05, 4.69) is 11.5 Å². The Kier molecular flexibility index (Phi) is 2.43. The van der Waals surface area contributed by atoms with Crippen molar-refractivity contribution in [2.24, 2.45) is 11.1 Å². The maximum Gasteiger partial charge on any atom is 0.0163 e. The second-order valence-electron chi connectivity index (χ2n) is 4.65. The predicted octanol–water partition coefficient (Wildman–Crippen LogP) is 1.38. The lowest BCUT2D eigenvalue weighted by Gasteiger charge is -2.25. The number of nitrogens with two attached hydrogens (primary N) is 1. The van der Waals surface area contributed by atoms with Crippen molar-refractivity contribution in [3.63, 3.8) is 0 Å². The van der Waals surface area contributed by atoms with E-state index >= 15 is 0 Å². The van der Waals surface area contributed by atoms with Crippen LogP contribution in [-0.4, -0.2) is 30.6 Å². The van der Waals surface area contributed by atoms with E-state index in [-0.39, 0.29) is 0 Å². The topological polar surface area (TPSA) is 29.3 Å². The SMILES string of the molecule is C=CCN(CC1(CN)CC1)C1CC1. The summed E-state index contributed by atoms with van der Waals surface area (Å²) in [6.07, 6.45) is 7.46. The third kappa shape index (κ3) is 2.12. The normalized spacial score (nSPS) is 24.8. The molecule has 0 bridgehead atoms. The van der Waals surface area contributed by atoms with Crippen molar-refractivity contribution in [2.45, 2.75) is 31.7 Å². The van der Waals surface area contributed by atoms with Crippen molar-refractivity contribution < 1.29 is 0 Å². The van der Waals surface area contributed by atoms with E-state index in [0.717, 1.165) is 19.1 Å². The third-order valence-corrected chi connectivity index (χ3v) is 3.36. The molecule has 2 fully saturated rings. The molecule has 0 atom stereocenters. The Balaban J connectivity index is 1.85. The Hall–Kier alpha value is -0.340. The highest BCUT2D eigenvalue weighted by Crippen LogP contribution is 2.46. The van der Waals surface area contributed by atoms with Crippen LogP contribution in [0.2, 0.25) is 0 Å². The maximum absolute atomic E-state index is 5.78. The monoisotopic (exact) mass is 180 g/mol. The van der Waals surface area contributed by atoms with Crippen LogP contribution in [0, 0.1) is 5.41 Å². The van der Waals surface area contributed by atoms with Crippen LogP contribution in [0.4, 0.5) is 0 Å². The molecular weight excluding hydrogens is 160 g/mol. The van der Waals surface area contributed by atoms with Crippen LogP contribution < -0.4 is 5.73 Å². The summed E-state index contributed by atoms with van der Waals surface area (Å²) in [5.74, 6) is 0. The highest BCUT2D eigenvalue weighted by molar-refractivity contribution is 5.00. The molecule has 74 valence electrons. The van der Waals surface area contributed by atoms with Gasteiger partial charge in [-0.05, 0) is 37.6 Å². The summed E-state index contributed by atoms with van der Waals surface area (Å²) in [4.78, 5) is 2.56. The number of rotatable bonds is 6. The van der Waals surface area contributed by atoms with Gasteiger partial charge in [-0.3, -0.25) is 4.90 Å². The lowest BCUT2D eigenvalue weighted by atomic mass is 10.1. The summed E-state index contributed by atoms with van der Waals surface area (Å²) >= 11 is 0. The van der Waals surface area contributed by atoms with Crippen molar-refractivity contribution in [1.82, 2.24) is 4.90 Å². The zero-order chi connectivity index (χ0) is 9.31. The molecule has 0 heterocycles. The molecule has 2 heteroatoms. The van der Waals surface area contributed by atoms with Crippen LogP contribution in [-0.2, 0) is 0 Å². The Labute approximate surface area is 80.8 Å². The van der Waals surface area contributed by atoms with E-state index in [4.69, 9.17) is 5.73 Å². The second kappa shape index (κ2) is 3.43. The van der Waals surface area contributed by atoms with Crippen LogP contribution in [0.1, 0.15) is 25.7 Å². The first-order chi connectivity index (χ1) is 6.29. The molecule has 0 spiro atoms. The highest BCUT2D eigenvalue weighted by Gasteiger charge is 2.44. The number of nitrogens with zero attached hydrogens (tertiary/aromatic N) is 1. The van der Waals surface area contributed by atoms with Gasteiger partial charge in [-0.25, -0.2) is 0 Å². The second-order valence-corrected chi connectivity index (χ2v) is 4.65. The lowest BCUT2D eigenvalue weighted by Crippen LogP contribution is -2.35. The molecular formula is C11H20N2. The summed E-state index contributed by atoms with van der Waals surface area (Å²) in [6.45, 7) is 6.94. The molecule has 2 saturated carbocycles. The van der Waals surface area contributed by atoms with Crippen molar-refractivity contribution >= 4 is 0 Å². The first-order valence-electron chi connectivity index (χ1n) is 5.35. The molecule has 0 aromatic heterocycles. The van der Waals surface area contributed by atoms with Crippen LogP contribution in [0.3, 0.4) is 0 Å². The molecule has 0 saturated heterocycles. The van der Waals surface area contributed by atoms with Crippen LogP contribution in [0.15, 0.2) is 12.7 Å². The molecule has 0 aromatic carbocycles. The Morgan fingerprint density at radius 2 is 2.15 bits per heavy atom. The largest absolute Gasteiger partial charge is 0.330 e. The van der Waals surface area contributed by atoms with Gasteiger partial charge >= 0.3 is 0 Å². The summed E-state index contributed by atoms with van der Waals surface area (Å²) in [6, 6.07) is 0.849. The smallest absolute Gasteiger partial charge is 0.0163 e. The fourth-order valence-electron chi connectivity index (χ4n) is 1.98. The summed E-state index contributed by atoms with van der Waals surface area (Å²) < 4.78 is 0. The van der Waals surface area contributed by atoms with Gasteiger partial charge in [-0.1, -0.05) is 6.08 Å². The minimum atomic E-state index is 0.492. The molecule has 0 aromatic rings. The summed E-state index contributed by atoms with van der Waals surface area (Å²) in [7, 11) is 0. The fraction of sp³-hybridized carbons (Fsp3) is 0.818. The van der Waals surface area contributed by atoms with Crippen LogP contribution in [0.25, 0.3) is 0 Å². The van der Waals surface area contributed by atoms with Gasteiger partial charge in [0.25, 0.3) is 0 Å². The minimum absolute atomic E-state index is 0.492. The molecule has 13 heavy (non-hydrogen) atoms. The van der Waals surface area contributed by atoms with Gasteiger partial charge in [-0.2, -0.15) is 0 Å². The van der Waals surface area contributed by atoms with E-state index in [1.54, 1.807) is 0 Å². The predicted molar refractivity (Wildman–Crippen MR) is 55.5 cm³/mol. The fourth-order valence-corrected chi connectivity index (χ4v) is 1.98. The summed E-state index contributed by atoms with van der Waals surface area (Å²) in [5, 5.41) is 0. The van der Waals surface area contributed by atoms with E-state index < -0.39 is 0 Å². The van der Waals surface area contributed by atoms with Gasteiger partial charge in [0.15, 0.2) is 0 Å². The maximum atomic E-state index is 5.78. The molecule has 2 aliphatic carbocycles. The van der Waals surface area contributed by atoms with Crippen molar-refractivity contribution in [1.29, 1.82) is 0 Å². The molecule has 0 unspecified atom stereocenters. The molecule has 0 amide bonds. The van der Waals surface area contributed by atoms with Gasteiger partial charge in [0.1, 0.15) is 0 Å². The number of hydrogen-bond acceptors (Lipinski definition) is 2. The standard InChI is InChI=1S/C11H20N2/c1-2-7-13(10-3-4-10)9-11(8-12)5-6-11/h2,10H,1,3-9,12H2. The van der Waals surface area contributed by atoms with E-state index in [1.165, 1.54) is 32.2 Å². The van der Waals surface area contributed by atoms with Crippen molar-refractivity contribution in [2.75, 3.05) is 19.6 Å². The van der Waals surface area contributed by atoms with Crippen molar-refractivity contribution in [3.8, 4) is 0 Å². The van der Waals surface area contributed by atoms with Gasteiger partial charge in [0, 0.05) is 19.1 Å². The van der Waals surface area contributed by atoms with E-state index in [1.807, 2.05) is 6.08 Å². The lowest BCUT2D eigenvalue weighted by molar-refractivity contribution is 0.234.